The maximum absolute atomic E-state index is 5.34. The van der Waals surface area contributed by atoms with E-state index in [-0.39, 0.29) is 0 Å². The molecule has 0 radical (unpaired) electrons. The van der Waals surface area contributed by atoms with Crippen LogP contribution in [-0.4, -0.2) is 42.5 Å². The molecule has 1 aliphatic heterocycles. The highest BCUT2D eigenvalue weighted by atomic mass is 16.5. The second-order valence-corrected chi connectivity index (χ2v) is 4.68. The molecular formula is C14H17N5O2. The first-order chi connectivity index (χ1) is 10.3. The lowest BCUT2D eigenvalue weighted by atomic mass is 10.4. The summed E-state index contributed by atoms with van der Waals surface area (Å²) in [5.74, 6) is 2.04. The smallest absolute Gasteiger partial charge is 0.227 e. The highest BCUT2D eigenvalue weighted by molar-refractivity contribution is 5.76. The van der Waals surface area contributed by atoms with Gasteiger partial charge in [-0.25, -0.2) is 4.98 Å². The number of morpholine rings is 1. The van der Waals surface area contributed by atoms with Gasteiger partial charge in [0.15, 0.2) is 5.82 Å². The van der Waals surface area contributed by atoms with Gasteiger partial charge in [-0.05, 0) is 19.1 Å². The summed E-state index contributed by atoms with van der Waals surface area (Å²) in [6.45, 7) is 4.96. The normalized spacial score (nSPS) is 15.6. The molecule has 3 rings (SSSR count). The Hall–Kier alpha value is -2.41. The summed E-state index contributed by atoms with van der Waals surface area (Å²) in [5, 5.41) is 4.11. The monoisotopic (exact) mass is 287 g/mol. The molecule has 7 heteroatoms. The molecule has 1 fully saturated rings. The number of ether oxygens (including phenoxy) is 1. The molecule has 0 spiro atoms. The second-order valence-electron chi connectivity index (χ2n) is 4.68. The molecule has 1 N–H and O–H groups in total. The summed E-state index contributed by atoms with van der Waals surface area (Å²) in [5.41, 5.74) is 3.79. The van der Waals surface area contributed by atoms with Crippen molar-refractivity contribution in [1.29, 1.82) is 0 Å². The van der Waals surface area contributed by atoms with Gasteiger partial charge in [-0.15, -0.1) is 0 Å². The average molecular weight is 287 g/mol. The van der Waals surface area contributed by atoms with Crippen molar-refractivity contribution in [3.8, 4) is 0 Å². The molecule has 0 saturated carbocycles. The summed E-state index contributed by atoms with van der Waals surface area (Å²) in [6.07, 6.45) is 3.21. The number of aromatic nitrogens is 2. The van der Waals surface area contributed by atoms with Crippen molar-refractivity contribution in [1.82, 2.24) is 9.97 Å². The molecule has 2 aromatic rings. The predicted molar refractivity (Wildman–Crippen MR) is 79.7 cm³/mol. The molecule has 2 aromatic heterocycles. The van der Waals surface area contributed by atoms with E-state index in [0.717, 1.165) is 18.8 Å². The fourth-order valence-corrected chi connectivity index (χ4v) is 2.04. The first-order valence-electron chi connectivity index (χ1n) is 6.82. The molecule has 110 valence electrons. The van der Waals surface area contributed by atoms with Gasteiger partial charge in [0.05, 0.1) is 25.7 Å². The minimum absolute atomic E-state index is 0.659. The van der Waals surface area contributed by atoms with Crippen molar-refractivity contribution in [2.75, 3.05) is 36.6 Å². The number of aryl methyl sites for hydroxylation is 1. The molecule has 0 amide bonds. The average Bonchev–Trinajstić information content (AvgIpc) is 3.01. The van der Waals surface area contributed by atoms with E-state index in [1.165, 1.54) is 0 Å². The van der Waals surface area contributed by atoms with Crippen molar-refractivity contribution in [2.24, 2.45) is 5.10 Å². The largest absolute Gasteiger partial charge is 0.463 e. The van der Waals surface area contributed by atoms with Crippen molar-refractivity contribution >= 4 is 18.0 Å². The minimum atomic E-state index is 0.659. The Morgan fingerprint density at radius 3 is 2.95 bits per heavy atom. The van der Waals surface area contributed by atoms with Crippen molar-refractivity contribution in [2.45, 2.75) is 6.92 Å². The van der Waals surface area contributed by atoms with Gasteiger partial charge in [-0.3, -0.25) is 5.43 Å². The lowest BCUT2D eigenvalue weighted by Gasteiger charge is -2.27. The zero-order valence-corrected chi connectivity index (χ0v) is 11.8. The Morgan fingerprint density at radius 2 is 2.19 bits per heavy atom. The summed E-state index contributed by atoms with van der Waals surface area (Å²) in [6, 6.07) is 5.49. The Bertz CT molecular complexity index is 606. The zero-order chi connectivity index (χ0) is 14.5. The van der Waals surface area contributed by atoms with Crippen LogP contribution in [0, 0.1) is 6.92 Å². The van der Waals surface area contributed by atoms with Crippen LogP contribution in [0.4, 0.5) is 11.8 Å². The molecule has 0 aromatic carbocycles. The Morgan fingerprint density at radius 1 is 1.33 bits per heavy atom. The first kappa shape index (κ1) is 13.6. The van der Waals surface area contributed by atoms with E-state index in [2.05, 4.69) is 25.4 Å². The number of nitrogens with one attached hydrogen (secondary N) is 1. The maximum Gasteiger partial charge on any atom is 0.227 e. The van der Waals surface area contributed by atoms with Crippen LogP contribution in [0.3, 0.4) is 0 Å². The van der Waals surface area contributed by atoms with Gasteiger partial charge in [0, 0.05) is 24.8 Å². The van der Waals surface area contributed by atoms with E-state index >= 15 is 0 Å². The highest BCUT2D eigenvalue weighted by Crippen LogP contribution is 2.15. The molecule has 1 saturated heterocycles. The number of hydrogen-bond donors (Lipinski definition) is 1. The van der Waals surface area contributed by atoms with Gasteiger partial charge in [-0.1, -0.05) is 0 Å². The van der Waals surface area contributed by atoms with Gasteiger partial charge in [-0.2, -0.15) is 10.1 Å². The molecule has 0 bridgehead atoms. The van der Waals surface area contributed by atoms with E-state index in [1.54, 1.807) is 12.5 Å². The highest BCUT2D eigenvalue weighted by Gasteiger charge is 2.14. The first-order valence-corrected chi connectivity index (χ1v) is 6.82. The maximum atomic E-state index is 5.34. The van der Waals surface area contributed by atoms with Crippen LogP contribution in [0.15, 0.2) is 34.0 Å². The quantitative estimate of drug-likeness (QED) is 0.681. The summed E-state index contributed by atoms with van der Waals surface area (Å²) in [7, 11) is 0. The van der Waals surface area contributed by atoms with Crippen LogP contribution in [0.2, 0.25) is 0 Å². The van der Waals surface area contributed by atoms with Gasteiger partial charge in [0.2, 0.25) is 5.95 Å². The third kappa shape index (κ3) is 3.57. The molecule has 21 heavy (non-hydrogen) atoms. The van der Waals surface area contributed by atoms with E-state index < -0.39 is 0 Å². The Balaban J connectivity index is 1.71. The minimum Gasteiger partial charge on any atom is -0.463 e. The number of hydrazone groups is 1. The van der Waals surface area contributed by atoms with Crippen LogP contribution in [0.1, 0.15) is 11.5 Å². The van der Waals surface area contributed by atoms with E-state index in [9.17, 15) is 0 Å². The van der Waals surface area contributed by atoms with Gasteiger partial charge in [0.25, 0.3) is 0 Å². The summed E-state index contributed by atoms with van der Waals surface area (Å²) < 4.78 is 10.5. The van der Waals surface area contributed by atoms with Crippen molar-refractivity contribution < 1.29 is 9.15 Å². The molecule has 0 unspecified atom stereocenters. The number of hydrogen-bond acceptors (Lipinski definition) is 7. The summed E-state index contributed by atoms with van der Waals surface area (Å²) in [4.78, 5) is 11.1. The van der Waals surface area contributed by atoms with Gasteiger partial charge < -0.3 is 14.1 Å². The number of anilines is 2. The number of rotatable bonds is 4. The summed E-state index contributed by atoms with van der Waals surface area (Å²) >= 11 is 0. The fourth-order valence-electron chi connectivity index (χ4n) is 2.04. The molecular weight excluding hydrogens is 270 g/mol. The Labute approximate surface area is 122 Å². The van der Waals surface area contributed by atoms with Crippen LogP contribution in [0.5, 0.6) is 0 Å². The number of furan rings is 1. The van der Waals surface area contributed by atoms with E-state index in [0.29, 0.717) is 30.7 Å². The molecule has 7 nitrogen and oxygen atoms in total. The zero-order valence-electron chi connectivity index (χ0n) is 11.8. The van der Waals surface area contributed by atoms with Crippen LogP contribution < -0.4 is 10.3 Å². The van der Waals surface area contributed by atoms with Crippen LogP contribution in [0.25, 0.3) is 0 Å². The topological polar surface area (TPSA) is 75.8 Å². The van der Waals surface area contributed by atoms with Crippen LogP contribution in [-0.2, 0) is 4.74 Å². The third-order valence-corrected chi connectivity index (χ3v) is 3.05. The van der Waals surface area contributed by atoms with Crippen molar-refractivity contribution in [3.63, 3.8) is 0 Å². The van der Waals surface area contributed by atoms with Crippen molar-refractivity contribution in [3.05, 3.63) is 35.9 Å². The van der Waals surface area contributed by atoms with Gasteiger partial charge >= 0.3 is 0 Å². The molecule has 0 aliphatic carbocycles. The second kappa shape index (κ2) is 6.36. The Kier molecular flexibility index (Phi) is 4.11. The molecule has 1 aliphatic rings. The SMILES string of the molecule is Cc1cc(N/N=C\c2ccco2)nc(N2CCOCC2)n1. The van der Waals surface area contributed by atoms with Gasteiger partial charge in [0.1, 0.15) is 5.76 Å². The third-order valence-electron chi connectivity index (χ3n) is 3.05. The number of nitrogens with zero attached hydrogens (tertiary/aromatic N) is 4. The van der Waals surface area contributed by atoms with Crippen LogP contribution >= 0.6 is 0 Å². The predicted octanol–water partition coefficient (Wildman–Crippen LogP) is 1.66. The molecule has 3 heterocycles. The van der Waals surface area contributed by atoms with E-state index in [1.807, 2.05) is 25.1 Å². The standard InChI is InChI=1S/C14H17N5O2/c1-11-9-13(18-15-10-12-3-2-6-21-12)17-14(16-11)19-4-7-20-8-5-19/h2-3,6,9-10H,4-5,7-8H2,1H3,(H,16,17,18)/b15-10-. The lowest BCUT2D eigenvalue weighted by Crippen LogP contribution is -2.37. The fraction of sp³-hybridized carbons (Fsp3) is 0.357. The molecule has 0 atom stereocenters. The van der Waals surface area contributed by atoms with E-state index in [4.69, 9.17) is 9.15 Å². The lowest BCUT2D eigenvalue weighted by molar-refractivity contribution is 0.122.